The normalized spacial score (nSPS) is 10.5. The lowest BCUT2D eigenvalue weighted by Gasteiger charge is -2.15. The number of ether oxygens (including phenoxy) is 1. The van der Waals surface area contributed by atoms with Crippen molar-refractivity contribution in [3.63, 3.8) is 0 Å². The van der Waals surface area contributed by atoms with Crippen LogP contribution in [0.1, 0.15) is 41.0 Å². The lowest BCUT2D eigenvalue weighted by Crippen LogP contribution is -2.09. The highest BCUT2D eigenvalue weighted by Gasteiger charge is 2.13. The smallest absolute Gasteiger partial charge is 0.340 e. The Bertz CT molecular complexity index is 1020. The van der Waals surface area contributed by atoms with Crippen LogP contribution in [0.5, 0.6) is 0 Å². The summed E-state index contributed by atoms with van der Waals surface area (Å²) in [5.74, 6) is 0.737. The topological polar surface area (TPSA) is 76.1 Å². The Morgan fingerprint density at radius 2 is 1.79 bits per heavy atom. The van der Waals surface area contributed by atoms with Crippen LogP contribution in [0.15, 0.2) is 48.5 Å². The maximum atomic E-state index is 12.2. The minimum atomic E-state index is -0.368. The van der Waals surface area contributed by atoms with Gasteiger partial charge in [0.05, 0.1) is 17.9 Å². The number of para-hydroxylation sites is 2. The molecule has 0 aliphatic rings. The van der Waals surface area contributed by atoms with Gasteiger partial charge >= 0.3 is 5.97 Å². The fraction of sp³-hybridized carbons (Fsp3) is 0.261. The Morgan fingerprint density at radius 3 is 2.55 bits per heavy atom. The molecule has 2 aromatic carbocycles. The van der Waals surface area contributed by atoms with Gasteiger partial charge in [-0.05, 0) is 50.5 Å². The van der Waals surface area contributed by atoms with Crippen LogP contribution >= 0.6 is 0 Å². The van der Waals surface area contributed by atoms with Crippen LogP contribution in [0.4, 0.5) is 23.1 Å². The Labute approximate surface area is 171 Å². The fourth-order valence-electron chi connectivity index (χ4n) is 3.12. The second-order valence-corrected chi connectivity index (χ2v) is 6.70. The van der Waals surface area contributed by atoms with Crippen molar-refractivity contribution < 1.29 is 9.53 Å². The molecular formula is C23H26N4O2. The van der Waals surface area contributed by atoms with E-state index in [1.807, 2.05) is 25.1 Å². The Hall–Kier alpha value is -3.41. The summed E-state index contributed by atoms with van der Waals surface area (Å²) in [5, 5.41) is 6.59. The molecule has 1 heterocycles. The largest absolute Gasteiger partial charge is 0.462 e. The molecule has 0 amide bonds. The molecule has 0 radical (unpaired) electrons. The quantitative estimate of drug-likeness (QED) is 0.532. The van der Waals surface area contributed by atoms with Gasteiger partial charge in [-0.3, -0.25) is 0 Å². The van der Waals surface area contributed by atoms with Crippen molar-refractivity contribution >= 4 is 29.1 Å². The minimum absolute atomic E-state index is 0.323. The molecule has 0 unspecified atom stereocenters. The first-order valence-electron chi connectivity index (χ1n) is 9.76. The molecule has 0 saturated heterocycles. The van der Waals surface area contributed by atoms with Gasteiger partial charge in [-0.1, -0.05) is 37.3 Å². The molecule has 2 N–H and O–H groups in total. The number of nitrogens with one attached hydrogen (secondary N) is 2. The van der Waals surface area contributed by atoms with Crippen LogP contribution in [0.2, 0.25) is 0 Å². The summed E-state index contributed by atoms with van der Waals surface area (Å²) in [4.78, 5) is 21.4. The Kier molecular flexibility index (Phi) is 6.44. The van der Waals surface area contributed by atoms with Gasteiger partial charge in [-0.15, -0.1) is 0 Å². The average molecular weight is 390 g/mol. The number of aryl methyl sites for hydroxylation is 3. The highest BCUT2D eigenvalue weighted by molar-refractivity contribution is 5.96. The standard InChI is InChI=1S/C23H26N4O2/c1-5-17-11-9-10-15(3)21(17)27-23-24-16(4)14-20(26-23)25-19-13-8-7-12-18(19)22(28)29-6-2/h7-14H,5-6H2,1-4H3,(H2,24,25,26,27). The van der Waals surface area contributed by atoms with Crippen LogP contribution in [0, 0.1) is 13.8 Å². The third-order valence-corrected chi connectivity index (χ3v) is 4.52. The predicted molar refractivity (Wildman–Crippen MR) is 116 cm³/mol. The minimum Gasteiger partial charge on any atom is -0.462 e. The van der Waals surface area contributed by atoms with Crippen LogP contribution in [0.3, 0.4) is 0 Å². The van der Waals surface area contributed by atoms with E-state index < -0.39 is 0 Å². The van der Waals surface area contributed by atoms with Gasteiger partial charge < -0.3 is 15.4 Å². The molecule has 0 aliphatic heterocycles. The van der Waals surface area contributed by atoms with Crippen molar-refractivity contribution in [2.75, 3.05) is 17.2 Å². The van der Waals surface area contributed by atoms with Crippen molar-refractivity contribution in [1.82, 2.24) is 9.97 Å². The summed E-state index contributed by atoms with van der Waals surface area (Å²) in [5.41, 5.74) is 5.28. The Morgan fingerprint density at radius 1 is 1.00 bits per heavy atom. The molecule has 0 aliphatic carbocycles. The lowest BCUT2D eigenvalue weighted by molar-refractivity contribution is 0.0527. The average Bonchev–Trinajstić information content (AvgIpc) is 2.69. The molecule has 0 fully saturated rings. The number of carbonyl (C=O) groups excluding carboxylic acids is 1. The van der Waals surface area contributed by atoms with E-state index in [1.54, 1.807) is 19.1 Å². The molecule has 0 atom stereocenters. The summed E-state index contributed by atoms with van der Waals surface area (Å²) in [6.45, 7) is 8.20. The van der Waals surface area contributed by atoms with Crippen molar-refractivity contribution in [3.05, 3.63) is 70.9 Å². The molecule has 150 valence electrons. The summed E-state index contributed by atoms with van der Waals surface area (Å²) in [6.07, 6.45) is 0.911. The van der Waals surface area contributed by atoms with Gasteiger partial charge in [0.25, 0.3) is 0 Å². The molecule has 0 saturated carbocycles. The Balaban J connectivity index is 1.91. The fourth-order valence-corrected chi connectivity index (χ4v) is 3.12. The lowest BCUT2D eigenvalue weighted by atomic mass is 10.1. The second-order valence-electron chi connectivity index (χ2n) is 6.70. The number of benzene rings is 2. The third kappa shape index (κ3) is 4.90. The number of esters is 1. The van der Waals surface area contributed by atoms with Crippen molar-refractivity contribution in [2.24, 2.45) is 0 Å². The number of aromatic nitrogens is 2. The van der Waals surface area contributed by atoms with Gasteiger partial charge in [-0.25, -0.2) is 9.78 Å². The zero-order chi connectivity index (χ0) is 20.8. The van der Waals surface area contributed by atoms with Crippen molar-refractivity contribution in [3.8, 4) is 0 Å². The van der Waals surface area contributed by atoms with E-state index in [1.165, 1.54) is 5.56 Å². The molecule has 1 aromatic heterocycles. The number of hydrogen-bond donors (Lipinski definition) is 2. The second kappa shape index (κ2) is 9.19. The molecule has 6 heteroatoms. The predicted octanol–water partition coefficient (Wildman–Crippen LogP) is 5.32. The highest BCUT2D eigenvalue weighted by Crippen LogP contribution is 2.26. The number of anilines is 4. The van der Waals surface area contributed by atoms with Crippen molar-refractivity contribution in [1.29, 1.82) is 0 Å². The van der Waals surface area contributed by atoms with Gasteiger partial charge in [0.15, 0.2) is 0 Å². The van der Waals surface area contributed by atoms with E-state index in [4.69, 9.17) is 4.74 Å². The molecule has 29 heavy (non-hydrogen) atoms. The van der Waals surface area contributed by atoms with Gasteiger partial charge in [0.2, 0.25) is 5.95 Å². The van der Waals surface area contributed by atoms with Crippen LogP contribution in [-0.2, 0) is 11.2 Å². The van der Waals surface area contributed by atoms with E-state index in [9.17, 15) is 4.79 Å². The molecule has 0 spiro atoms. The summed E-state index contributed by atoms with van der Waals surface area (Å²) < 4.78 is 5.15. The zero-order valence-electron chi connectivity index (χ0n) is 17.2. The molecule has 0 bridgehead atoms. The van der Waals surface area contributed by atoms with Gasteiger partial charge in [0, 0.05) is 17.4 Å². The van der Waals surface area contributed by atoms with E-state index in [-0.39, 0.29) is 5.97 Å². The van der Waals surface area contributed by atoms with Gasteiger partial charge in [0.1, 0.15) is 5.82 Å². The van der Waals surface area contributed by atoms with Gasteiger partial charge in [-0.2, -0.15) is 4.98 Å². The first kappa shape index (κ1) is 20.3. The first-order valence-corrected chi connectivity index (χ1v) is 9.76. The molecular weight excluding hydrogens is 364 g/mol. The van der Waals surface area contributed by atoms with Crippen LogP contribution < -0.4 is 10.6 Å². The summed E-state index contributed by atoms with van der Waals surface area (Å²) in [7, 11) is 0. The summed E-state index contributed by atoms with van der Waals surface area (Å²) >= 11 is 0. The molecule has 3 rings (SSSR count). The van der Waals surface area contributed by atoms with E-state index in [2.05, 4.69) is 52.6 Å². The molecule has 3 aromatic rings. The van der Waals surface area contributed by atoms with Crippen molar-refractivity contribution in [2.45, 2.75) is 34.1 Å². The zero-order valence-corrected chi connectivity index (χ0v) is 17.2. The number of hydrogen-bond acceptors (Lipinski definition) is 6. The van der Waals surface area contributed by atoms with E-state index >= 15 is 0 Å². The third-order valence-electron chi connectivity index (χ3n) is 4.52. The van der Waals surface area contributed by atoms with Crippen LogP contribution in [-0.4, -0.2) is 22.5 Å². The maximum absolute atomic E-state index is 12.2. The first-order chi connectivity index (χ1) is 14.0. The number of carbonyl (C=O) groups is 1. The SMILES string of the molecule is CCOC(=O)c1ccccc1Nc1cc(C)nc(Nc2c(C)cccc2CC)n1. The number of nitrogens with zero attached hydrogens (tertiary/aromatic N) is 2. The van der Waals surface area contributed by atoms with Crippen LogP contribution in [0.25, 0.3) is 0 Å². The number of rotatable bonds is 7. The molecule has 6 nitrogen and oxygen atoms in total. The maximum Gasteiger partial charge on any atom is 0.340 e. The monoisotopic (exact) mass is 390 g/mol. The highest BCUT2D eigenvalue weighted by atomic mass is 16.5. The summed E-state index contributed by atoms with van der Waals surface area (Å²) in [6, 6.07) is 15.3. The van der Waals surface area contributed by atoms with E-state index in [0.717, 1.165) is 23.4 Å². The van der Waals surface area contributed by atoms with E-state index in [0.29, 0.717) is 29.6 Å².